The van der Waals surface area contributed by atoms with Crippen molar-refractivity contribution in [2.24, 2.45) is 0 Å². The summed E-state index contributed by atoms with van der Waals surface area (Å²) in [7, 11) is 1.64. The average Bonchev–Trinajstić information content (AvgIpc) is 1.89. The maximum Gasteiger partial charge on any atom is 2.00 e. The van der Waals surface area contributed by atoms with E-state index in [-0.39, 0.29) is 36.5 Å². The van der Waals surface area contributed by atoms with Gasteiger partial charge < -0.3 is 21.7 Å². The Balaban J connectivity index is 0. The number of halogens is 1. The second-order valence-electron chi connectivity index (χ2n) is 1.81. The van der Waals surface area contributed by atoms with E-state index in [0.29, 0.717) is 0 Å². The van der Waals surface area contributed by atoms with Crippen LogP contribution in [0.5, 0.6) is 5.75 Å². The molecule has 11 heavy (non-hydrogen) atoms. The van der Waals surface area contributed by atoms with Crippen LogP contribution in [-0.4, -0.2) is 7.11 Å². The van der Waals surface area contributed by atoms with Crippen molar-refractivity contribution in [3.8, 4) is 5.75 Å². The molecule has 0 unspecified atom stereocenters. The molecule has 0 aliphatic rings. The number of hydrogen-bond donors (Lipinski definition) is 0. The van der Waals surface area contributed by atoms with Gasteiger partial charge in [0.05, 0.1) is 7.11 Å². The molecule has 0 spiro atoms. The van der Waals surface area contributed by atoms with Gasteiger partial charge in [0, 0.05) is 5.75 Å². The molecule has 0 heterocycles. The van der Waals surface area contributed by atoms with Gasteiger partial charge >= 0.3 is 19.5 Å². The van der Waals surface area contributed by atoms with Crippen LogP contribution >= 0.6 is 0 Å². The molecule has 3 heteroatoms. The van der Waals surface area contributed by atoms with E-state index in [1.165, 1.54) is 0 Å². The number of methoxy groups -OCH3 is 1. The van der Waals surface area contributed by atoms with Crippen LogP contribution in [0.15, 0.2) is 24.3 Å². The Bertz CT molecular complexity index is 203. The van der Waals surface area contributed by atoms with Gasteiger partial charge in [0.1, 0.15) is 0 Å². The SMILES string of the molecule is [Br-].[CH2-]c1ccccc1OC.[Zn+2]. The van der Waals surface area contributed by atoms with Crippen molar-refractivity contribution in [3.63, 3.8) is 0 Å². The minimum Gasteiger partial charge on any atom is -1.00 e. The van der Waals surface area contributed by atoms with E-state index in [1.54, 1.807) is 7.11 Å². The summed E-state index contributed by atoms with van der Waals surface area (Å²) in [4.78, 5) is 0. The fraction of sp³-hybridized carbons (Fsp3) is 0.125. The molecule has 1 aromatic rings. The zero-order valence-corrected chi connectivity index (χ0v) is 11.1. The van der Waals surface area contributed by atoms with Crippen molar-refractivity contribution < 1.29 is 41.2 Å². The van der Waals surface area contributed by atoms with Gasteiger partial charge in [0.15, 0.2) is 0 Å². The van der Waals surface area contributed by atoms with Crippen LogP contribution in [0.4, 0.5) is 0 Å². The Hall–Kier alpha value is -0.00662. The number of para-hydroxylation sites is 1. The molecule has 0 amide bonds. The molecule has 0 aliphatic heterocycles. The zero-order chi connectivity index (χ0) is 6.69. The quantitative estimate of drug-likeness (QED) is 0.462. The van der Waals surface area contributed by atoms with Gasteiger partial charge in [0.25, 0.3) is 0 Å². The first kappa shape index (κ1) is 13.6. The molecule has 56 valence electrons. The maximum atomic E-state index is 4.98. The molecule has 1 nitrogen and oxygen atoms in total. The molecule has 0 fully saturated rings. The third kappa shape index (κ3) is 3.78. The van der Waals surface area contributed by atoms with Crippen molar-refractivity contribution in [2.45, 2.75) is 0 Å². The molecular formula is C8H9BrOZn. The molecular weight excluding hydrogens is 257 g/mol. The molecule has 0 aromatic heterocycles. The Kier molecular flexibility index (Phi) is 8.25. The van der Waals surface area contributed by atoms with Crippen LogP contribution in [0.25, 0.3) is 0 Å². The fourth-order valence-electron chi connectivity index (χ4n) is 0.703. The third-order valence-corrected chi connectivity index (χ3v) is 1.19. The smallest absolute Gasteiger partial charge is 1.00 e. The first-order valence-corrected chi connectivity index (χ1v) is 2.79. The van der Waals surface area contributed by atoms with E-state index >= 15 is 0 Å². The maximum absolute atomic E-state index is 4.98. The molecule has 0 atom stereocenters. The van der Waals surface area contributed by atoms with Crippen LogP contribution < -0.4 is 21.7 Å². The summed E-state index contributed by atoms with van der Waals surface area (Å²) < 4.78 is 4.98. The number of benzene rings is 1. The predicted molar refractivity (Wildman–Crippen MR) is 37.5 cm³/mol. The Morgan fingerprint density at radius 3 is 2.18 bits per heavy atom. The van der Waals surface area contributed by atoms with Crippen molar-refractivity contribution in [1.29, 1.82) is 0 Å². The molecule has 0 saturated heterocycles. The predicted octanol–water partition coefficient (Wildman–Crippen LogP) is -1.12. The summed E-state index contributed by atoms with van der Waals surface area (Å²) in [5.41, 5.74) is 0.931. The molecule has 1 rings (SSSR count). The minimum atomic E-state index is 0. The number of rotatable bonds is 1. The molecule has 0 aliphatic carbocycles. The Morgan fingerprint density at radius 1 is 1.27 bits per heavy atom. The molecule has 0 saturated carbocycles. The number of hydrogen-bond acceptors (Lipinski definition) is 1. The third-order valence-electron chi connectivity index (χ3n) is 1.19. The van der Waals surface area contributed by atoms with Crippen molar-refractivity contribution in [1.82, 2.24) is 0 Å². The van der Waals surface area contributed by atoms with Crippen LogP contribution in [0.2, 0.25) is 0 Å². The summed E-state index contributed by atoms with van der Waals surface area (Å²) in [6.07, 6.45) is 0. The van der Waals surface area contributed by atoms with Gasteiger partial charge in [-0.3, -0.25) is 0 Å². The monoisotopic (exact) mass is 264 g/mol. The zero-order valence-electron chi connectivity index (χ0n) is 6.51. The van der Waals surface area contributed by atoms with Gasteiger partial charge in [-0.2, -0.15) is 18.6 Å². The van der Waals surface area contributed by atoms with E-state index < -0.39 is 0 Å². The largest absolute Gasteiger partial charge is 2.00 e. The molecule has 0 bridgehead atoms. The standard InChI is InChI=1S/C8H9O.BrH.Zn/c1-7-5-3-4-6-8(7)9-2;;/h3-6H,1H2,2H3;1H;/q-1;;+2/p-1. The van der Waals surface area contributed by atoms with Crippen LogP contribution in [0, 0.1) is 6.92 Å². The van der Waals surface area contributed by atoms with Crippen molar-refractivity contribution in [2.75, 3.05) is 7.11 Å². The fourth-order valence-corrected chi connectivity index (χ4v) is 0.703. The van der Waals surface area contributed by atoms with E-state index in [1.807, 2.05) is 24.3 Å². The summed E-state index contributed by atoms with van der Waals surface area (Å²) in [6.45, 7) is 3.77. The van der Waals surface area contributed by atoms with E-state index in [2.05, 4.69) is 6.92 Å². The molecule has 0 radical (unpaired) electrons. The van der Waals surface area contributed by atoms with Gasteiger partial charge in [-0.05, 0) is 0 Å². The van der Waals surface area contributed by atoms with Crippen molar-refractivity contribution >= 4 is 0 Å². The number of ether oxygens (including phenoxy) is 1. The molecule has 0 N–H and O–H groups in total. The Labute approximate surface area is 90.7 Å². The van der Waals surface area contributed by atoms with Crippen LogP contribution in [0.3, 0.4) is 0 Å². The second-order valence-corrected chi connectivity index (χ2v) is 1.81. The van der Waals surface area contributed by atoms with E-state index in [0.717, 1.165) is 11.3 Å². The average molecular weight is 266 g/mol. The normalized spacial score (nSPS) is 7.36. The van der Waals surface area contributed by atoms with E-state index in [9.17, 15) is 0 Å². The van der Waals surface area contributed by atoms with Crippen LogP contribution in [0.1, 0.15) is 5.56 Å². The molecule has 1 aromatic carbocycles. The Morgan fingerprint density at radius 2 is 1.82 bits per heavy atom. The first-order valence-electron chi connectivity index (χ1n) is 2.79. The van der Waals surface area contributed by atoms with Gasteiger partial charge in [-0.1, -0.05) is 12.1 Å². The van der Waals surface area contributed by atoms with Crippen LogP contribution in [-0.2, 0) is 19.5 Å². The van der Waals surface area contributed by atoms with E-state index in [4.69, 9.17) is 4.74 Å². The summed E-state index contributed by atoms with van der Waals surface area (Å²) in [5.74, 6) is 0.845. The van der Waals surface area contributed by atoms with Gasteiger partial charge in [-0.25, -0.2) is 0 Å². The topological polar surface area (TPSA) is 9.23 Å². The van der Waals surface area contributed by atoms with Gasteiger partial charge in [-0.15, -0.1) is 6.07 Å². The van der Waals surface area contributed by atoms with Crippen molar-refractivity contribution in [3.05, 3.63) is 36.8 Å². The van der Waals surface area contributed by atoms with Gasteiger partial charge in [0.2, 0.25) is 0 Å². The first-order chi connectivity index (χ1) is 4.34. The second kappa shape index (κ2) is 6.69. The summed E-state index contributed by atoms with van der Waals surface area (Å²) in [5, 5.41) is 0. The summed E-state index contributed by atoms with van der Waals surface area (Å²) in [6, 6.07) is 7.67. The summed E-state index contributed by atoms with van der Waals surface area (Å²) >= 11 is 0. The minimum absolute atomic E-state index is 0.